The van der Waals surface area contributed by atoms with E-state index >= 15 is 0 Å². The first kappa shape index (κ1) is 14.5. The van der Waals surface area contributed by atoms with E-state index in [1.54, 1.807) is 0 Å². The van der Waals surface area contributed by atoms with E-state index in [-0.39, 0.29) is 0 Å². The Hall–Kier alpha value is -1.42. The van der Waals surface area contributed by atoms with Crippen molar-refractivity contribution in [3.8, 4) is 0 Å². The van der Waals surface area contributed by atoms with E-state index < -0.39 is 0 Å². The van der Waals surface area contributed by atoms with Gasteiger partial charge in [-0.2, -0.15) is 0 Å². The average Bonchev–Trinajstić information content (AvgIpc) is 3.22. The van der Waals surface area contributed by atoms with Crippen LogP contribution in [0, 0.1) is 5.92 Å². The standard InChI is InChI=1S/C17H24N2O2/c20-17(6-3-5-15-4-1-2-10-18-15)19(16-7-8-16)12-14-9-11-21-13-14/h1-2,4,10,14,16H,3,5-9,11-13H2/t14-/m1/s1. The third-order valence-electron chi connectivity index (χ3n) is 4.34. The van der Waals surface area contributed by atoms with Gasteiger partial charge in [-0.05, 0) is 44.2 Å². The summed E-state index contributed by atoms with van der Waals surface area (Å²) in [6, 6.07) is 6.46. The maximum Gasteiger partial charge on any atom is 0.222 e. The zero-order valence-electron chi connectivity index (χ0n) is 12.5. The molecule has 0 spiro atoms. The Balaban J connectivity index is 1.45. The molecule has 0 aromatic carbocycles. The third kappa shape index (κ3) is 4.27. The molecule has 4 nitrogen and oxygen atoms in total. The van der Waals surface area contributed by atoms with Crippen molar-refractivity contribution in [2.75, 3.05) is 19.8 Å². The van der Waals surface area contributed by atoms with Crippen LogP contribution in [0.1, 0.15) is 37.8 Å². The number of rotatable bonds is 7. The highest BCUT2D eigenvalue weighted by atomic mass is 16.5. The number of hydrogen-bond acceptors (Lipinski definition) is 3. The molecule has 1 aromatic rings. The number of pyridine rings is 1. The topological polar surface area (TPSA) is 42.4 Å². The zero-order valence-corrected chi connectivity index (χ0v) is 12.5. The van der Waals surface area contributed by atoms with Crippen molar-refractivity contribution in [1.82, 2.24) is 9.88 Å². The fraction of sp³-hybridized carbons (Fsp3) is 0.647. The van der Waals surface area contributed by atoms with Crippen LogP contribution in [0.2, 0.25) is 0 Å². The molecule has 1 amide bonds. The molecule has 1 aromatic heterocycles. The van der Waals surface area contributed by atoms with Crippen LogP contribution < -0.4 is 0 Å². The molecule has 2 fully saturated rings. The molecule has 2 heterocycles. The number of aromatic nitrogens is 1. The van der Waals surface area contributed by atoms with Gasteiger partial charge in [0, 0.05) is 43.4 Å². The number of nitrogens with zero attached hydrogens (tertiary/aromatic N) is 2. The molecule has 1 aliphatic heterocycles. The minimum Gasteiger partial charge on any atom is -0.381 e. The first-order valence-electron chi connectivity index (χ1n) is 8.10. The summed E-state index contributed by atoms with van der Waals surface area (Å²) in [4.78, 5) is 18.9. The number of hydrogen-bond donors (Lipinski definition) is 0. The quantitative estimate of drug-likeness (QED) is 0.774. The Labute approximate surface area is 126 Å². The van der Waals surface area contributed by atoms with Crippen molar-refractivity contribution >= 4 is 5.91 Å². The largest absolute Gasteiger partial charge is 0.381 e. The first-order chi connectivity index (χ1) is 10.3. The van der Waals surface area contributed by atoms with E-state index in [4.69, 9.17) is 4.74 Å². The highest BCUT2D eigenvalue weighted by Crippen LogP contribution is 2.29. The summed E-state index contributed by atoms with van der Waals surface area (Å²) in [6.07, 6.45) is 7.69. The molecule has 114 valence electrons. The van der Waals surface area contributed by atoms with E-state index in [2.05, 4.69) is 9.88 Å². The molecule has 1 saturated carbocycles. The number of amides is 1. The zero-order chi connectivity index (χ0) is 14.5. The Kier molecular flexibility index (Phi) is 4.86. The molecule has 1 atom stereocenters. The Morgan fingerprint density at radius 2 is 2.24 bits per heavy atom. The summed E-state index contributed by atoms with van der Waals surface area (Å²) < 4.78 is 5.43. The molecule has 0 N–H and O–H groups in total. The van der Waals surface area contributed by atoms with Crippen molar-refractivity contribution in [3.05, 3.63) is 30.1 Å². The average molecular weight is 288 g/mol. The van der Waals surface area contributed by atoms with Crippen molar-refractivity contribution in [2.24, 2.45) is 5.92 Å². The van der Waals surface area contributed by atoms with E-state index in [9.17, 15) is 4.79 Å². The van der Waals surface area contributed by atoms with Crippen LogP contribution in [0.4, 0.5) is 0 Å². The summed E-state index contributed by atoms with van der Waals surface area (Å²) in [5, 5.41) is 0. The van der Waals surface area contributed by atoms with Gasteiger partial charge in [0.2, 0.25) is 5.91 Å². The fourth-order valence-electron chi connectivity index (χ4n) is 2.96. The summed E-state index contributed by atoms with van der Waals surface area (Å²) in [7, 11) is 0. The second-order valence-corrected chi connectivity index (χ2v) is 6.18. The van der Waals surface area contributed by atoms with Crippen LogP contribution >= 0.6 is 0 Å². The minimum absolute atomic E-state index is 0.320. The molecular weight excluding hydrogens is 264 g/mol. The molecule has 0 bridgehead atoms. The van der Waals surface area contributed by atoms with Crippen LogP contribution in [0.25, 0.3) is 0 Å². The summed E-state index contributed by atoms with van der Waals surface area (Å²) >= 11 is 0. The highest BCUT2D eigenvalue weighted by molar-refractivity contribution is 5.76. The van der Waals surface area contributed by atoms with Gasteiger partial charge in [-0.25, -0.2) is 0 Å². The van der Waals surface area contributed by atoms with Gasteiger partial charge in [-0.15, -0.1) is 0 Å². The molecule has 2 aliphatic rings. The number of carbonyl (C=O) groups is 1. The number of ether oxygens (including phenoxy) is 1. The second kappa shape index (κ2) is 7.03. The van der Waals surface area contributed by atoms with E-state index in [0.717, 1.165) is 44.7 Å². The SMILES string of the molecule is O=C(CCCc1ccccn1)N(C[C@H]1CCOC1)C1CC1. The molecule has 1 saturated heterocycles. The van der Waals surface area contributed by atoms with Crippen molar-refractivity contribution in [2.45, 2.75) is 44.6 Å². The van der Waals surface area contributed by atoms with Gasteiger partial charge in [0.25, 0.3) is 0 Å². The molecule has 0 radical (unpaired) electrons. The Bertz CT molecular complexity index is 453. The summed E-state index contributed by atoms with van der Waals surface area (Å²) in [5.41, 5.74) is 1.08. The van der Waals surface area contributed by atoms with Crippen LogP contribution in [0.5, 0.6) is 0 Å². The molecule has 3 rings (SSSR count). The molecular formula is C17H24N2O2. The van der Waals surface area contributed by atoms with Crippen molar-refractivity contribution in [3.63, 3.8) is 0 Å². The van der Waals surface area contributed by atoms with Crippen LogP contribution in [-0.2, 0) is 16.0 Å². The predicted octanol–water partition coefficient (Wildman–Crippen LogP) is 2.43. The van der Waals surface area contributed by atoms with Gasteiger partial charge >= 0.3 is 0 Å². The fourth-order valence-corrected chi connectivity index (χ4v) is 2.96. The maximum absolute atomic E-state index is 12.5. The van der Waals surface area contributed by atoms with E-state index in [1.165, 1.54) is 12.8 Å². The van der Waals surface area contributed by atoms with Gasteiger partial charge < -0.3 is 9.64 Å². The van der Waals surface area contributed by atoms with E-state index in [0.29, 0.717) is 24.3 Å². The number of carbonyl (C=O) groups excluding carboxylic acids is 1. The summed E-state index contributed by atoms with van der Waals surface area (Å²) in [6.45, 7) is 2.58. The van der Waals surface area contributed by atoms with Gasteiger partial charge in [-0.1, -0.05) is 6.07 Å². The van der Waals surface area contributed by atoms with Crippen LogP contribution in [0.3, 0.4) is 0 Å². The van der Waals surface area contributed by atoms with Crippen LogP contribution in [-0.4, -0.2) is 41.6 Å². The number of aryl methyl sites for hydroxylation is 1. The predicted molar refractivity (Wildman–Crippen MR) is 80.8 cm³/mol. The lowest BCUT2D eigenvalue weighted by molar-refractivity contribution is -0.132. The molecule has 0 unspecified atom stereocenters. The Morgan fingerprint density at radius 1 is 1.33 bits per heavy atom. The molecule has 21 heavy (non-hydrogen) atoms. The second-order valence-electron chi connectivity index (χ2n) is 6.18. The normalized spacial score (nSPS) is 21.4. The Morgan fingerprint density at radius 3 is 2.90 bits per heavy atom. The lowest BCUT2D eigenvalue weighted by atomic mass is 10.1. The van der Waals surface area contributed by atoms with Gasteiger partial charge in [0.15, 0.2) is 0 Å². The first-order valence-corrected chi connectivity index (χ1v) is 8.10. The van der Waals surface area contributed by atoms with Crippen LogP contribution in [0.15, 0.2) is 24.4 Å². The maximum atomic E-state index is 12.5. The lowest BCUT2D eigenvalue weighted by Gasteiger charge is -2.25. The lowest BCUT2D eigenvalue weighted by Crippen LogP contribution is -2.37. The third-order valence-corrected chi connectivity index (χ3v) is 4.34. The monoisotopic (exact) mass is 288 g/mol. The minimum atomic E-state index is 0.320. The van der Waals surface area contributed by atoms with E-state index in [1.807, 2.05) is 24.4 Å². The van der Waals surface area contributed by atoms with Crippen molar-refractivity contribution in [1.29, 1.82) is 0 Å². The van der Waals surface area contributed by atoms with Gasteiger partial charge in [0.05, 0.1) is 6.61 Å². The van der Waals surface area contributed by atoms with Crippen molar-refractivity contribution < 1.29 is 9.53 Å². The summed E-state index contributed by atoms with van der Waals surface area (Å²) in [5.74, 6) is 0.866. The smallest absolute Gasteiger partial charge is 0.222 e. The molecule has 4 heteroatoms. The highest BCUT2D eigenvalue weighted by Gasteiger charge is 2.34. The molecule has 1 aliphatic carbocycles. The van der Waals surface area contributed by atoms with Gasteiger partial charge in [-0.3, -0.25) is 9.78 Å². The van der Waals surface area contributed by atoms with Gasteiger partial charge in [0.1, 0.15) is 0 Å².